The molecule has 0 saturated carbocycles. The Balaban J connectivity index is 1.95. The molecular weight excluding hydrogens is 234 g/mol. The number of rotatable bonds is 1. The third-order valence-corrected chi connectivity index (χ3v) is 3.74. The molecule has 86 valence electrons. The summed E-state index contributed by atoms with van der Waals surface area (Å²) in [6.45, 7) is 0. The van der Waals surface area contributed by atoms with Crippen LogP contribution < -0.4 is 10.6 Å². The summed E-state index contributed by atoms with van der Waals surface area (Å²) in [5.41, 5.74) is 3.51. The average Bonchev–Trinajstić information content (AvgIpc) is 2.85. The van der Waals surface area contributed by atoms with Crippen molar-refractivity contribution in [2.24, 2.45) is 0 Å². The molecule has 1 aliphatic rings. The van der Waals surface area contributed by atoms with Crippen LogP contribution in [-0.2, 0) is 6.42 Å². The average molecular weight is 245 g/mol. The highest BCUT2D eigenvalue weighted by Gasteiger charge is 2.23. The number of carbonyl (C=O) groups excluding carboxylic acids is 1. The maximum absolute atomic E-state index is 11.2. The molecule has 2 amide bonds. The van der Waals surface area contributed by atoms with Gasteiger partial charge in [-0.3, -0.25) is 5.32 Å². The zero-order valence-electron chi connectivity index (χ0n) is 9.28. The van der Waals surface area contributed by atoms with Gasteiger partial charge in [0.25, 0.3) is 0 Å². The van der Waals surface area contributed by atoms with E-state index in [0.717, 1.165) is 12.1 Å². The van der Waals surface area contributed by atoms with E-state index in [-0.39, 0.29) is 6.03 Å². The molecule has 1 heterocycles. The lowest BCUT2D eigenvalue weighted by molar-refractivity contribution is 0.254. The van der Waals surface area contributed by atoms with Crippen LogP contribution in [0.1, 0.15) is 10.4 Å². The van der Waals surface area contributed by atoms with E-state index in [0.29, 0.717) is 5.13 Å². The maximum atomic E-state index is 11.2. The largest absolute Gasteiger partial charge is 0.341 e. The molecule has 0 unspecified atom stereocenters. The van der Waals surface area contributed by atoms with Crippen molar-refractivity contribution in [3.8, 4) is 11.3 Å². The van der Waals surface area contributed by atoms with Gasteiger partial charge in [-0.2, -0.15) is 0 Å². The second kappa shape index (κ2) is 3.85. The molecule has 0 atom stereocenters. The summed E-state index contributed by atoms with van der Waals surface area (Å²) < 4.78 is 0. The quantitative estimate of drug-likeness (QED) is 0.692. The molecule has 2 aromatic rings. The highest BCUT2D eigenvalue weighted by Crippen LogP contribution is 2.40. The number of hydrogen-bond acceptors (Lipinski definition) is 3. The predicted octanol–water partition coefficient (Wildman–Crippen LogP) is 2.47. The lowest BCUT2D eigenvalue weighted by atomic mass is 10.1. The number of thiazole rings is 1. The van der Waals surface area contributed by atoms with Crippen molar-refractivity contribution in [1.29, 1.82) is 0 Å². The molecular formula is C12H11N3OS. The van der Waals surface area contributed by atoms with Gasteiger partial charge in [-0.1, -0.05) is 24.3 Å². The Hall–Kier alpha value is -1.88. The normalized spacial score (nSPS) is 11.8. The number of aromatic nitrogens is 1. The van der Waals surface area contributed by atoms with Crippen molar-refractivity contribution >= 4 is 22.5 Å². The molecule has 0 bridgehead atoms. The molecule has 4 nitrogen and oxygen atoms in total. The molecule has 17 heavy (non-hydrogen) atoms. The van der Waals surface area contributed by atoms with Crippen LogP contribution in [0.25, 0.3) is 11.3 Å². The number of urea groups is 1. The zero-order chi connectivity index (χ0) is 11.8. The second-order valence-electron chi connectivity index (χ2n) is 3.83. The Morgan fingerprint density at radius 3 is 3.06 bits per heavy atom. The molecule has 0 spiro atoms. The van der Waals surface area contributed by atoms with E-state index in [1.54, 1.807) is 7.05 Å². The molecule has 0 saturated heterocycles. The van der Waals surface area contributed by atoms with Crippen LogP contribution in [0.3, 0.4) is 0 Å². The number of benzene rings is 1. The lowest BCUT2D eigenvalue weighted by Gasteiger charge is -2.00. The molecule has 2 N–H and O–H groups in total. The Kier molecular flexibility index (Phi) is 2.33. The van der Waals surface area contributed by atoms with E-state index in [4.69, 9.17) is 0 Å². The number of fused-ring (bicyclic) bond motifs is 3. The Bertz CT molecular complexity index is 591. The molecule has 1 aromatic carbocycles. The van der Waals surface area contributed by atoms with Gasteiger partial charge in [-0.25, -0.2) is 9.78 Å². The fraction of sp³-hybridized carbons (Fsp3) is 0.167. The maximum Gasteiger partial charge on any atom is 0.320 e. The monoisotopic (exact) mass is 245 g/mol. The topological polar surface area (TPSA) is 54.0 Å². The summed E-state index contributed by atoms with van der Waals surface area (Å²) in [6, 6.07) is 8.02. The summed E-state index contributed by atoms with van der Waals surface area (Å²) in [5, 5.41) is 5.88. The first-order chi connectivity index (χ1) is 8.28. The van der Waals surface area contributed by atoms with Gasteiger partial charge in [0, 0.05) is 23.9 Å². The molecule has 0 radical (unpaired) electrons. The fourth-order valence-electron chi connectivity index (χ4n) is 1.97. The van der Waals surface area contributed by atoms with Crippen LogP contribution in [0.5, 0.6) is 0 Å². The minimum Gasteiger partial charge on any atom is -0.341 e. The predicted molar refractivity (Wildman–Crippen MR) is 68.4 cm³/mol. The molecule has 1 aliphatic carbocycles. The van der Waals surface area contributed by atoms with Gasteiger partial charge in [-0.15, -0.1) is 11.3 Å². The zero-order valence-corrected chi connectivity index (χ0v) is 10.1. The lowest BCUT2D eigenvalue weighted by Crippen LogP contribution is -2.24. The van der Waals surface area contributed by atoms with E-state index in [1.165, 1.54) is 27.3 Å². The second-order valence-corrected chi connectivity index (χ2v) is 4.91. The van der Waals surface area contributed by atoms with Crippen molar-refractivity contribution < 1.29 is 4.79 Å². The van der Waals surface area contributed by atoms with Crippen molar-refractivity contribution in [3.63, 3.8) is 0 Å². The van der Waals surface area contributed by atoms with E-state index >= 15 is 0 Å². The van der Waals surface area contributed by atoms with Crippen molar-refractivity contribution in [1.82, 2.24) is 10.3 Å². The van der Waals surface area contributed by atoms with Crippen LogP contribution in [0.2, 0.25) is 0 Å². The van der Waals surface area contributed by atoms with Gasteiger partial charge in [-0.05, 0) is 5.56 Å². The van der Waals surface area contributed by atoms with Crippen LogP contribution >= 0.6 is 11.3 Å². The van der Waals surface area contributed by atoms with Crippen molar-refractivity contribution in [3.05, 3.63) is 34.7 Å². The first-order valence-electron chi connectivity index (χ1n) is 5.34. The van der Waals surface area contributed by atoms with Gasteiger partial charge < -0.3 is 5.32 Å². The number of anilines is 1. The summed E-state index contributed by atoms with van der Waals surface area (Å²) in [7, 11) is 1.59. The van der Waals surface area contributed by atoms with Crippen molar-refractivity contribution in [2.45, 2.75) is 6.42 Å². The summed E-state index contributed by atoms with van der Waals surface area (Å²) in [4.78, 5) is 16.9. The van der Waals surface area contributed by atoms with E-state index < -0.39 is 0 Å². The Morgan fingerprint density at radius 1 is 1.41 bits per heavy atom. The highest BCUT2D eigenvalue weighted by atomic mass is 32.1. The minimum absolute atomic E-state index is 0.231. The highest BCUT2D eigenvalue weighted by molar-refractivity contribution is 7.16. The van der Waals surface area contributed by atoms with Gasteiger partial charge in [0.15, 0.2) is 5.13 Å². The number of amides is 2. The SMILES string of the molecule is CNC(=O)Nc1nc2c(s1)Cc1ccccc1-2. The number of hydrogen-bond donors (Lipinski definition) is 2. The molecule has 0 fully saturated rings. The first kappa shape index (κ1) is 10.3. The number of nitrogens with one attached hydrogen (secondary N) is 2. The van der Waals surface area contributed by atoms with Crippen LogP contribution in [0, 0.1) is 0 Å². The number of carbonyl (C=O) groups is 1. The van der Waals surface area contributed by atoms with Gasteiger partial charge in [0.1, 0.15) is 0 Å². The molecule has 5 heteroatoms. The molecule has 1 aromatic heterocycles. The third kappa shape index (κ3) is 1.68. The standard InChI is InChI=1S/C12H11N3OS/c1-13-11(16)15-12-14-10-8-5-3-2-4-7(8)6-9(10)17-12/h2-5H,6H2,1H3,(H2,13,14,15,16). The summed E-state index contributed by atoms with van der Waals surface area (Å²) in [5.74, 6) is 0. The first-order valence-corrected chi connectivity index (χ1v) is 6.16. The minimum atomic E-state index is -0.231. The van der Waals surface area contributed by atoms with Gasteiger partial charge in [0.05, 0.1) is 5.69 Å². The number of nitrogens with zero attached hydrogens (tertiary/aromatic N) is 1. The molecule has 3 rings (SSSR count). The smallest absolute Gasteiger partial charge is 0.320 e. The summed E-state index contributed by atoms with van der Waals surface area (Å²) in [6.07, 6.45) is 0.915. The van der Waals surface area contributed by atoms with Crippen LogP contribution in [0.15, 0.2) is 24.3 Å². The van der Waals surface area contributed by atoms with E-state index in [9.17, 15) is 4.79 Å². The van der Waals surface area contributed by atoms with Crippen LogP contribution in [0.4, 0.5) is 9.93 Å². The van der Waals surface area contributed by atoms with Gasteiger partial charge >= 0.3 is 6.03 Å². The Labute approximate surface area is 103 Å². The summed E-state index contributed by atoms with van der Waals surface area (Å²) >= 11 is 1.54. The van der Waals surface area contributed by atoms with Gasteiger partial charge in [0.2, 0.25) is 0 Å². The van der Waals surface area contributed by atoms with E-state index in [2.05, 4.69) is 27.8 Å². The third-order valence-electron chi connectivity index (χ3n) is 2.77. The Morgan fingerprint density at radius 2 is 2.24 bits per heavy atom. The van der Waals surface area contributed by atoms with E-state index in [1.807, 2.05) is 12.1 Å². The fourth-order valence-corrected chi connectivity index (χ4v) is 2.97. The van der Waals surface area contributed by atoms with Crippen LogP contribution in [-0.4, -0.2) is 18.1 Å². The van der Waals surface area contributed by atoms with Crippen molar-refractivity contribution in [2.75, 3.05) is 12.4 Å². The molecule has 0 aliphatic heterocycles.